The molecule has 2 nitrogen and oxygen atoms in total. The van der Waals surface area contributed by atoms with Gasteiger partial charge in [-0.25, -0.2) is 4.98 Å². The lowest BCUT2D eigenvalue weighted by molar-refractivity contribution is 0.589. The van der Waals surface area contributed by atoms with Gasteiger partial charge in [-0.05, 0) is 20.8 Å². The number of aromatic nitrogens is 1. The van der Waals surface area contributed by atoms with Gasteiger partial charge < -0.3 is 5.32 Å². The maximum atomic E-state index is 4.23. The molecule has 0 bridgehead atoms. The van der Waals surface area contributed by atoms with Crippen LogP contribution in [0.4, 0.5) is 0 Å². The minimum Gasteiger partial charge on any atom is -0.308 e. The first-order chi connectivity index (χ1) is 6.75. The summed E-state index contributed by atoms with van der Waals surface area (Å²) < 4.78 is 0. The van der Waals surface area contributed by atoms with E-state index >= 15 is 0 Å². The lowest BCUT2D eigenvalue weighted by Gasteiger charge is -2.11. The molecule has 0 aliphatic heterocycles. The van der Waals surface area contributed by atoms with Crippen LogP contribution in [-0.2, 0) is 0 Å². The number of hydrogen-bond donors (Lipinski definition) is 1. The van der Waals surface area contributed by atoms with Gasteiger partial charge in [0.05, 0.1) is 11.2 Å². The average Bonchev–Trinajstić information content (AvgIpc) is 2.59. The second-order valence-electron chi connectivity index (χ2n) is 3.15. The SMILES string of the molecule is CC#CCCNC(C)c1scnc1C. The third-order valence-electron chi connectivity index (χ3n) is 2.05. The van der Waals surface area contributed by atoms with E-state index in [1.165, 1.54) is 4.88 Å². The Bertz CT molecular complexity index is 333. The Labute approximate surface area is 89.8 Å². The molecule has 1 atom stereocenters. The zero-order valence-corrected chi connectivity index (χ0v) is 9.74. The van der Waals surface area contributed by atoms with E-state index in [1.807, 2.05) is 12.4 Å². The normalized spacial score (nSPS) is 11.9. The quantitative estimate of drug-likeness (QED) is 0.607. The Morgan fingerprint density at radius 2 is 2.43 bits per heavy atom. The van der Waals surface area contributed by atoms with Crippen LogP contribution in [0.5, 0.6) is 0 Å². The minimum atomic E-state index is 0.390. The van der Waals surface area contributed by atoms with Crippen molar-refractivity contribution in [2.45, 2.75) is 33.2 Å². The molecule has 1 aromatic heterocycles. The number of rotatable bonds is 4. The van der Waals surface area contributed by atoms with Gasteiger partial charge in [0.15, 0.2) is 0 Å². The van der Waals surface area contributed by atoms with Crippen LogP contribution in [0.3, 0.4) is 0 Å². The van der Waals surface area contributed by atoms with Crippen molar-refractivity contribution in [2.24, 2.45) is 0 Å². The molecule has 0 saturated carbocycles. The van der Waals surface area contributed by atoms with Gasteiger partial charge in [-0.2, -0.15) is 0 Å². The van der Waals surface area contributed by atoms with Crippen LogP contribution in [0, 0.1) is 18.8 Å². The van der Waals surface area contributed by atoms with Gasteiger partial charge in [0.25, 0.3) is 0 Å². The molecule has 0 aromatic carbocycles. The molecule has 3 heteroatoms. The smallest absolute Gasteiger partial charge is 0.0798 e. The van der Waals surface area contributed by atoms with Crippen molar-refractivity contribution >= 4 is 11.3 Å². The van der Waals surface area contributed by atoms with Crippen LogP contribution in [0.25, 0.3) is 0 Å². The second-order valence-corrected chi connectivity index (χ2v) is 4.04. The molecule has 14 heavy (non-hydrogen) atoms. The van der Waals surface area contributed by atoms with E-state index in [0.29, 0.717) is 6.04 Å². The molecular formula is C11H16N2S. The summed E-state index contributed by atoms with van der Waals surface area (Å²) in [4.78, 5) is 5.56. The summed E-state index contributed by atoms with van der Waals surface area (Å²) in [6.45, 7) is 7.03. The molecule has 76 valence electrons. The molecule has 0 aliphatic carbocycles. The first-order valence-electron chi connectivity index (χ1n) is 4.78. The van der Waals surface area contributed by atoms with Crippen LogP contribution in [0.2, 0.25) is 0 Å². The summed E-state index contributed by atoms with van der Waals surface area (Å²) in [5.41, 5.74) is 3.03. The third kappa shape index (κ3) is 3.13. The predicted octanol–water partition coefficient (Wildman–Crippen LogP) is 2.52. The van der Waals surface area contributed by atoms with Gasteiger partial charge in [0.2, 0.25) is 0 Å². The van der Waals surface area contributed by atoms with Crippen LogP contribution >= 0.6 is 11.3 Å². The van der Waals surface area contributed by atoms with Gasteiger partial charge in [-0.3, -0.25) is 0 Å². The van der Waals surface area contributed by atoms with Crippen molar-refractivity contribution in [1.29, 1.82) is 0 Å². The van der Waals surface area contributed by atoms with E-state index < -0.39 is 0 Å². The van der Waals surface area contributed by atoms with Gasteiger partial charge >= 0.3 is 0 Å². The fourth-order valence-corrected chi connectivity index (χ4v) is 2.13. The fraction of sp³-hybridized carbons (Fsp3) is 0.545. The van der Waals surface area contributed by atoms with E-state index in [4.69, 9.17) is 0 Å². The number of nitrogens with zero attached hydrogens (tertiary/aromatic N) is 1. The number of nitrogens with one attached hydrogen (secondary N) is 1. The van der Waals surface area contributed by atoms with Crippen LogP contribution < -0.4 is 5.32 Å². The number of thiazole rings is 1. The average molecular weight is 208 g/mol. The van der Waals surface area contributed by atoms with Gasteiger partial charge in [-0.15, -0.1) is 23.2 Å². The first-order valence-corrected chi connectivity index (χ1v) is 5.66. The van der Waals surface area contributed by atoms with Crippen molar-refractivity contribution in [1.82, 2.24) is 10.3 Å². The first kappa shape index (κ1) is 11.2. The van der Waals surface area contributed by atoms with Crippen molar-refractivity contribution < 1.29 is 0 Å². The summed E-state index contributed by atoms with van der Waals surface area (Å²) in [6.07, 6.45) is 0.915. The van der Waals surface area contributed by atoms with E-state index in [1.54, 1.807) is 11.3 Å². The van der Waals surface area contributed by atoms with Crippen molar-refractivity contribution in [3.05, 3.63) is 16.1 Å². The fourth-order valence-electron chi connectivity index (χ4n) is 1.30. The molecular weight excluding hydrogens is 192 g/mol. The van der Waals surface area contributed by atoms with E-state index in [2.05, 4.69) is 36.0 Å². The second kappa shape index (κ2) is 5.79. The maximum Gasteiger partial charge on any atom is 0.0798 e. The lowest BCUT2D eigenvalue weighted by Crippen LogP contribution is -2.19. The number of aryl methyl sites for hydroxylation is 1. The Kier molecular flexibility index (Phi) is 4.64. The Balaban J connectivity index is 2.38. The Morgan fingerprint density at radius 1 is 1.64 bits per heavy atom. The molecule has 1 unspecified atom stereocenters. The predicted molar refractivity (Wildman–Crippen MR) is 61.3 cm³/mol. The van der Waals surface area contributed by atoms with E-state index in [0.717, 1.165) is 18.7 Å². The summed E-state index contributed by atoms with van der Waals surface area (Å²) >= 11 is 1.71. The van der Waals surface area contributed by atoms with E-state index in [-0.39, 0.29) is 0 Å². The molecule has 0 spiro atoms. The minimum absolute atomic E-state index is 0.390. The summed E-state index contributed by atoms with van der Waals surface area (Å²) in [5, 5.41) is 3.43. The molecule has 0 fully saturated rings. The standard InChI is InChI=1S/C11H16N2S/c1-4-5-6-7-12-9(2)11-10(3)13-8-14-11/h8-9,12H,6-7H2,1-3H3. The van der Waals surface area contributed by atoms with Crippen molar-refractivity contribution in [2.75, 3.05) is 6.54 Å². The van der Waals surface area contributed by atoms with Crippen molar-refractivity contribution in [3.63, 3.8) is 0 Å². The van der Waals surface area contributed by atoms with Crippen molar-refractivity contribution in [3.8, 4) is 11.8 Å². The van der Waals surface area contributed by atoms with Gasteiger partial charge in [0, 0.05) is 23.9 Å². The molecule has 0 radical (unpaired) electrons. The highest BCUT2D eigenvalue weighted by Gasteiger charge is 2.08. The molecule has 0 aliphatic rings. The molecule has 1 rings (SSSR count). The molecule has 0 saturated heterocycles. The summed E-state index contributed by atoms with van der Waals surface area (Å²) in [7, 11) is 0. The van der Waals surface area contributed by atoms with Crippen LogP contribution in [0.1, 0.15) is 36.9 Å². The number of hydrogen-bond acceptors (Lipinski definition) is 3. The lowest BCUT2D eigenvalue weighted by atomic mass is 10.2. The van der Waals surface area contributed by atoms with E-state index in [9.17, 15) is 0 Å². The Hall–Kier alpha value is -0.850. The maximum absolute atomic E-state index is 4.23. The summed E-state index contributed by atoms with van der Waals surface area (Å²) in [5.74, 6) is 5.93. The van der Waals surface area contributed by atoms with Gasteiger partial charge in [-0.1, -0.05) is 0 Å². The molecule has 1 aromatic rings. The third-order valence-corrected chi connectivity index (χ3v) is 3.17. The molecule has 1 N–H and O–H groups in total. The molecule has 1 heterocycles. The highest BCUT2D eigenvalue weighted by Crippen LogP contribution is 2.20. The monoisotopic (exact) mass is 208 g/mol. The topological polar surface area (TPSA) is 24.9 Å². The Morgan fingerprint density at radius 3 is 3.00 bits per heavy atom. The van der Waals surface area contributed by atoms with Crippen LogP contribution in [-0.4, -0.2) is 11.5 Å². The highest BCUT2D eigenvalue weighted by atomic mass is 32.1. The van der Waals surface area contributed by atoms with Gasteiger partial charge in [0.1, 0.15) is 0 Å². The molecule has 0 amide bonds. The zero-order valence-electron chi connectivity index (χ0n) is 8.92. The zero-order chi connectivity index (χ0) is 10.4. The highest BCUT2D eigenvalue weighted by molar-refractivity contribution is 7.09. The summed E-state index contributed by atoms with van der Waals surface area (Å²) in [6, 6.07) is 0.390. The largest absolute Gasteiger partial charge is 0.308 e. The van der Waals surface area contributed by atoms with Crippen LogP contribution in [0.15, 0.2) is 5.51 Å².